The van der Waals surface area contributed by atoms with Gasteiger partial charge in [-0.2, -0.15) is 0 Å². The molecule has 0 aromatic rings. The number of carbonyl (C=O) groups is 5. The highest BCUT2D eigenvalue weighted by atomic mass is 32.5. The van der Waals surface area contributed by atoms with Gasteiger partial charge in [0.25, 0.3) is 0 Å². The molecule has 358 valence electrons. The van der Waals surface area contributed by atoms with Crippen molar-refractivity contribution in [1.29, 1.82) is 0 Å². The lowest BCUT2D eigenvalue weighted by Gasteiger charge is -2.35. The Balaban J connectivity index is 5.56. The predicted molar refractivity (Wildman–Crippen MR) is 243 cm³/mol. The minimum absolute atomic E-state index is 0.00221. The molecule has 20 heteroatoms. The van der Waals surface area contributed by atoms with Gasteiger partial charge in [0.15, 0.2) is 6.49 Å². The predicted octanol–water partition coefficient (Wildman–Crippen LogP) is 1.32. The molecule has 6 N–H and O–H groups in total. The van der Waals surface area contributed by atoms with Crippen molar-refractivity contribution < 1.29 is 61.8 Å². The summed E-state index contributed by atoms with van der Waals surface area (Å²) in [6, 6.07) is 0. The minimum Gasteiger partial charge on any atom is -0.377 e. The third kappa shape index (κ3) is 40.9. The van der Waals surface area contributed by atoms with Crippen LogP contribution in [0.5, 0.6) is 0 Å². The van der Waals surface area contributed by atoms with Crippen LogP contribution in [0.3, 0.4) is 0 Å². The lowest BCUT2D eigenvalue weighted by molar-refractivity contribution is -0.128. The van der Waals surface area contributed by atoms with Crippen molar-refractivity contribution in [2.75, 3.05) is 119 Å². The Morgan fingerprint density at radius 2 is 0.857 bits per heavy atom. The van der Waals surface area contributed by atoms with Crippen LogP contribution < -0.4 is 26.6 Å². The van der Waals surface area contributed by atoms with E-state index in [1.54, 1.807) is 0 Å². The molecule has 0 fully saturated rings. The van der Waals surface area contributed by atoms with Crippen LogP contribution in [0.25, 0.3) is 0 Å². The van der Waals surface area contributed by atoms with Crippen molar-refractivity contribution in [3.63, 3.8) is 0 Å². The van der Waals surface area contributed by atoms with Gasteiger partial charge in [-0.3, -0.25) is 24.0 Å². The monoisotopic (exact) mass is 929 g/mol. The van der Waals surface area contributed by atoms with Gasteiger partial charge in [0.05, 0.1) is 66.1 Å². The van der Waals surface area contributed by atoms with E-state index in [1.165, 1.54) is 6.66 Å². The summed E-state index contributed by atoms with van der Waals surface area (Å²) in [6.07, 6.45) is 19.4. The maximum atomic E-state index is 13.5. The summed E-state index contributed by atoms with van der Waals surface area (Å²) in [7, 11) is 0. The summed E-state index contributed by atoms with van der Waals surface area (Å²) >= 11 is 4.86. The van der Waals surface area contributed by atoms with E-state index in [4.69, 9.17) is 64.0 Å². The van der Waals surface area contributed by atoms with E-state index in [-0.39, 0.29) is 147 Å². The first-order valence-corrected chi connectivity index (χ1v) is 24.6. The first-order chi connectivity index (χ1) is 30.4. The first kappa shape index (κ1) is 59.4. The van der Waals surface area contributed by atoms with Crippen molar-refractivity contribution >= 4 is 47.8 Å². The Morgan fingerprint density at radius 3 is 1.27 bits per heavy atom. The number of rotatable bonds is 43. The molecule has 0 aromatic carbocycles. The Morgan fingerprint density at radius 1 is 0.492 bits per heavy atom. The smallest absolute Gasteiger partial charge is 0.220 e. The maximum absolute atomic E-state index is 13.5. The van der Waals surface area contributed by atoms with E-state index in [0.29, 0.717) is 52.8 Å². The quantitative estimate of drug-likeness (QED) is 0.0288. The lowest BCUT2D eigenvalue weighted by atomic mass is 9.82. The highest BCUT2D eigenvalue weighted by Gasteiger charge is 2.33. The Bertz CT molecular complexity index is 1340. The third-order valence-electron chi connectivity index (χ3n) is 8.81. The third-order valence-corrected chi connectivity index (χ3v) is 9.78. The Kier molecular flexibility index (Phi) is 38.7. The fourth-order valence-electron chi connectivity index (χ4n) is 5.63. The molecular weight excluding hydrogens is 858 g/mol. The molecule has 0 radical (unpaired) electrons. The summed E-state index contributed by atoms with van der Waals surface area (Å²) in [5.41, 5.74) is -1.14. The maximum Gasteiger partial charge on any atom is 0.220 e. The average molecular weight is 930 g/mol. The van der Waals surface area contributed by atoms with Crippen molar-refractivity contribution in [2.24, 2.45) is 0 Å². The Hall–Kier alpha value is -3.64. The minimum atomic E-state index is -2.65. The molecule has 63 heavy (non-hydrogen) atoms. The number of hydrogen-bond donors (Lipinski definition) is 6. The van der Waals surface area contributed by atoms with Gasteiger partial charge in [-0.15, -0.1) is 19.3 Å². The van der Waals surface area contributed by atoms with Crippen LogP contribution in [0.1, 0.15) is 83.5 Å². The topological polar surface area (TPSA) is 230 Å². The number of carbonyl (C=O) groups excluding carboxylic acids is 5. The fourth-order valence-corrected chi connectivity index (χ4v) is 6.32. The zero-order valence-corrected chi connectivity index (χ0v) is 38.9. The molecule has 0 aliphatic rings. The van der Waals surface area contributed by atoms with Crippen molar-refractivity contribution in [1.82, 2.24) is 26.6 Å². The van der Waals surface area contributed by atoms with Crippen LogP contribution >= 0.6 is 6.49 Å². The van der Waals surface area contributed by atoms with Crippen LogP contribution in [0, 0.1) is 37.0 Å². The fraction of sp³-hybridized carbons (Fsp3) is 0.744. The van der Waals surface area contributed by atoms with Gasteiger partial charge >= 0.3 is 0 Å². The number of amides is 5. The Labute approximate surface area is 380 Å². The zero-order chi connectivity index (χ0) is 46.7. The first-order valence-electron chi connectivity index (χ1n) is 21.5. The zero-order valence-electron chi connectivity index (χ0n) is 37.1. The van der Waals surface area contributed by atoms with Crippen LogP contribution in [0.2, 0.25) is 0 Å². The molecular formula is C43H72N5O13PS. The normalized spacial score (nSPS) is 11.9. The van der Waals surface area contributed by atoms with E-state index < -0.39 is 12.0 Å². The van der Waals surface area contributed by atoms with Crippen molar-refractivity contribution in [3.05, 3.63) is 0 Å². The molecule has 0 saturated heterocycles. The number of terminal acetylenes is 3. The van der Waals surface area contributed by atoms with Crippen molar-refractivity contribution in [3.8, 4) is 37.0 Å². The second kappa shape index (κ2) is 41.1. The van der Waals surface area contributed by atoms with Gasteiger partial charge in [0, 0.05) is 70.5 Å². The van der Waals surface area contributed by atoms with Gasteiger partial charge in [-0.1, -0.05) is 30.6 Å². The standard InChI is InChI=1S/C43H72N5O13PS/c1-5-25-55-32-35-58-29-22-45-39(50)15-18-43(19-16-40(51)46-23-30-59-36-33-56-26-6-2,20-17-41(52)47-24-31-60-37-34-57-27-7-3)48-42(53)14-12-13-38(49)44-21-10-8-9-11-28-61-62(4,54)63/h1-3H,8-37H2,4H3,(H,44,49)(H,45,50)(H,46,51)(H,47,52)(H,48,53)(H,54,63). The van der Waals surface area contributed by atoms with Gasteiger partial charge in [0.2, 0.25) is 29.5 Å². The van der Waals surface area contributed by atoms with Gasteiger partial charge in [-0.05, 0) is 50.3 Å². The van der Waals surface area contributed by atoms with Crippen molar-refractivity contribution in [2.45, 2.75) is 89.0 Å². The molecule has 18 nitrogen and oxygen atoms in total. The molecule has 0 saturated carbocycles. The largest absolute Gasteiger partial charge is 0.377 e. The molecule has 0 aliphatic carbocycles. The summed E-state index contributed by atoms with van der Waals surface area (Å²) in [5.74, 6) is 5.61. The summed E-state index contributed by atoms with van der Waals surface area (Å²) < 4.78 is 37.1. The number of nitrogens with one attached hydrogen (secondary N) is 5. The second-order valence-corrected chi connectivity index (χ2v) is 18.1. The van der Waals surface area contributed by atoms with Gasteiger partial charge < -0.3 is 64.4 Å². The highest BCUT2D eigenvalue weighted by Crippen LogP contribution is 2.37. The van der Waals surface area contributed by atoms with E-state index >= 15 is 0 Å². The van der Waals surface area contributed by atoms with Crippen LogP contribution in [-0.2, 0) is 68.7 Å². The van der Waals surface area contributed by atoms with E-state index in [1.807, 2.05) is 0 Å². The van der Waals surface area contributed by atoms with E-state index in [2.05, 4.69) is 44.3 Å². The molecule has 0 bridgehead atoms. The SMILES string of the molecule is C#CCOCCOCCNC(=O)CCC(CCC(=O)NCCOCCOCC#C)(CCC(=O)NCCOCCOCC#C)NC(=O)CCCC(=O)NCCCCCCOP(C)(O)=S. The molecule has 0 aromatic heterocycles. The molecule has 0 spiro atoms. The second-order valence-electron chi connectivity index (χ2n) is 14.2. The van der Waals surface area contributed by atoms with Crippen LogP contribution in [-0.4, -0.2) is 159 Å². The molecule has 1 unspecified atom stereocenters. The lowest BCUT2D eigenvalue weighted by Crippen LogP contribution is -2.50. The summed E-state index contributed by atoms with van der Waals surface area (Å²) in [5, 5.41) is 14.3. The summed E-state index contributed by atoms with van der Waals surface area (Å²) in [4.78, 5) is 74.8. The highest BCUT2D eigenvalue weighted by molar-refractivity contribution is 8.09. The van der Waals surface area contributed by atoms with E-state index in [0.717, 1.165) is 25.7 Å². The van der Waals surface area contributed by atoms with Gasteiger partial charge in [0.1, 0.15) is 19.8 Å². The molecule has 0 heterocycles. The summed E-state index contributed by atoms with van der Waals surface area (Å²) in [6.45, 7) is 3.53. The number of ether oxygens (including phenoxy) is 6. The number of unbranched alkanes of at least 4 members (excludes halogenated alkanes) is 3. The average Bonchev–Trinajstić information content (AvgIpc) is 3.24. The molecule has 1 atom stereocenters. The van der Waals surface area contributed by atoms with Crippen LogP contribution in [0.15, 0.2) is 0 Å². The van der Waals surface area contributed by atoms with Crippen LogP contribution in [0.4, 0.5) is 0 Å². The molecule has 0 rings (SSSR count). The molecule has 0 aliphatic heterocycles. The van der Waals surface area contributed by atoms with Gasteiger partial charge in [-0.25, -0.2) is 0 Å². The van der Waals surface area contributed by atoms with E-state index in [9.17, 15) is 28.9 Å². The molecule has 5 amide bonds. The number of hydrogen-bond acceptors (Lipinski definition) is 13.